The number of aliphatic hydroxyl groups is 1. The van der Waals surface area contributed by atoms with E-state index in [0.717, 1.165) is 29.3 Å². The van der Waals surface area contributed by atoms with Gasteiger partial charge in [-0.3, -0.25) is 0 Å². The molecule has 0 aromatic heterocycles. The predicted molar refractivity (Wildman–Crippen MR) is 90.0 cm³/mol. The van der Waals surface area contributed by atoms with Crippen LogP contribution in [0, 0.1) is 11.6 Å². The molecule has 0 spiro atoms. The smallest absolute Gasteiger partial charge is 0.315 e. The molecule has 3 atom stereocenters. The summed E-state index contributed by atoms with van der Waals surface area (Å²) in [5.41, 5.74) is 1.96. The van der Waals surface area contributed by atoms with Gasteiger partial charge in [0.2, 0.25) is 0 Å². The second kappa shape index (κ2) is 7.19. The summed E-state index contributed by atoms with van der Waals surface area (Å²) in [5, 5.41) is 15.6. The average Bonchev–Trinajstić information content (AvgIpc) is 2.91. The fraction of sp³-hybridized carbons (Fsp3) is 0.316. The fourth-order valence-electron chi connectivity index (χ4n) is 3.27. The number of halogens is 2. The van der Waals surface area contributed by atoms with E-state index in [-0.39, 0.29) is 5.56 Å². The molecule has 3 rings (SSSR count). The first-order valence-electron chi connectivity index (χ1n) is 8.27. The molecule has 1 aliphatic carbocycles. The van der Waals surface area contributed by atoms with Crippen LogP contribution in [0.1, 0.15) is 42.1 Å². The third-order valence-corrected chi connectivity index (χ3v) is 4.54. The summed E-state index contributed by atoms with van der Waals surface area (Å²) in [4.78, 5) is 12.3. The Labute approximate surface area is 144 Å². The minimum atomic E-state index is -0.714. The van der Waals surface area contributed by atoms with Gasteiger partial charge in [-0.25, -0.2) is 13.6 Å². The van der Waals surface area contributed by atoms with Gasteiger partial charge < -0.3 is 15.7 Å². The minimum Gasteiger partial charge on any atom is -0.390 e. The van der Waals surface area contributed by atoms with Crippen molar-refractivity contribution in [3.05, 3.63) is 70.8 Å². The zero-order valence-corrected chi connectivity index (χ0v) is 13.8. The first-order valence-corrected chi connectivity index (χ1v) is 8.27. The van der Waals surface area contributed by atoms with Gasteiger partial charge in [0, 0.05) is 12.0 Å². The highest BCUT2D eigenvalue weighted by atomic mass is 19.1. The molecular formula is C19H20F2N2O2. The lowest BCUT2D eigenvalue weighted by Crippen LogP contribution is -2.42. The Morgan fingerprint density at radius 1 is 1.28 bits per heavy atom. The maximum atomic E-state index is 13.9. The summed E-state index contributed by atoms with van der Waals surface area (Å²) in [7, 11) is 0. The Hall–Kier alpha value is -2.47. The van der Waals surface area contributed by atoms with Crippen molar-refractivity contribution in [2.24, 2.45) is 0 Å². The summed E-state index contributed by atoms with van der Waals surface area (Å²) >= 11 is 0. The lowest BCUT2D eigenvalue weighted by atomic mass is 10.0. The van der Waals surface area contributed by atoms with Gasteiger partial charge in [-0.05, 0) is 35.7 Å². The molecule has 132 valence electrons. The van der Waals surface area contributed by atoms with Gasteiger partial charge in [-0.1, -0.05) is 31.2 Å². The first kappa shape index (κ1) is 17.4. The van der Waals surface area contributed by atoms with Crippen LogP contribution in [0.5, 0.6) is 0 Å². The zero-order chi connectivity index (χ0) is 18.0. The van der Waals surface area contributed by atoms with E-state index >= 15 is 0 Å². The van der Waals surface area contributed by atoms with E-state index in [9.17, 15) is 18.7 Å². The predicted octanol–water partition coefficient (Wildman–Crippen LogP) is 3.37. The van der Waals surface area contributed by atoms with Crippen LogP contribution in [0.3, 0.4) is 0 Å². The summed E-state index contributed by atoms with van der Waals surface area (Å²) in [6.45, 7) is 1.77. The van der Waals surface area contributed by atoms with E-state index < -0.39 is 35.9 Å². The van der Waals surface area contributed by atoms with Crippen LogP contribution in [0.4, 0.5) is 13.6 Å². The number of urea groups is 1. The summed E-state index contributed by atoms with van der Waals surface area (Å²) in [6.07, 6.45) is 0.156. The number of carbonyl (C=O) groups excluding carboxylic acids is 1. The van der Waals surface area contributed by atoms with Gasteiger partial charge in [0.15, 0.2) is 0 Å². The molecular weight excluding hydrogens is 326 g/mol. The molecule has 0 aliphatic heterocycles. The minimum absolute atomic E-state index is 0.102. The third-order valence-electron chi connectivity index (χ3n) is 4.54. The highest BCUT2D eigenvalue weighted by Crippen LogP contribution is 2.31. The van der Waals surface area contributed by atoms with Crippen molar-refractivity contribution in [1.29, 1.82) is 0 Å². The van der Waals surface area contributed by atoms with E-state index in [1.54, 1.807) is 6.92 Å². The molecule has 0 saturated heterocycles. The Morgan fingerprint density at radius 3 is 2.80 bits per heavy atom. The zero-order valence-electron chi connectivity index (χ0n) is 13.8. The van der Waals surface area contributed by atoms with Crippen molar-refractivity contribution in [3.63, 3.8) is 0 Å². The largest absolute Gasteiger partial charge is 0.390 e. The number of hydrogen-bond acceptors (Lipinski definition) is 2. The van der Waals surface area contributed by atoms with E-state index in [4.69, 9.17) is 0 Å². The Morgan fingerprint density at radius 2 is 2.04 bits per heavy atom. The Balaban J connectivity index is 1.72. The van der Waals surface area contributed by atoms with Gasteiger partial charge in [-0.2, -0.15) is 0 Å². The maximum Gasteiger partial charge on any atom is 0.315 e. The van der Waals surface area contributed by atoms with Crippen LogP contribution in [0.2, 0.25) is 0 Å². The SMILES string of the molecule is CCC(NC(=O)N[C@@H]1c2ccccc2C[C@@H]1O)c1cc(F)ccc1F. The van der Waals surface area contributed by atoms with E-state index in [2.05, 4.69) is 10.6 Å². The van der Waals surface area contributed by atoms with Crippen LogP contribution in [-0.2, 0) is 6.42 Å². The van der Waals surface area contributed by atoms with Gasteiger partial charge in [0.1, 0.15) is 11.6 Å². The average molecular weight is 346 g/mol. The molecule has 0 radical (unpaired) electrons. The number of carbonyl (C=O) groups is 1. The second-order valence-corrected chi connectivity index (χ2v) is 6.19. The van der Waals surface area contributed by atoms with Crippen molar-refractivity contribution < 1.29 is 18.7 Å². The van der Waals surface area contributed by atoms with Crippen molar-refractivity contribution in [1.82, 2.24) is 10.6 Å². The third kappa shape index (κ3) is 3.64. The quantitative estimate of drug-likeness (QED) is 0.795. The second-order valence-electron chi connectivity index (χ2n) is 6.19. The lowest BCUT2D eigenvalue weighted by Gasteiger charge is -2.22. The van der Waals surface area contributed by atoms with Crippen LogP contribution < -0.4 is 10.6 Å². The fourth-order valence-corrected chi connectivity index (χ4v) is 3.27. The van der Waals surface area contributed by atoms with Gasteiger partial charge in [0.05, 0.1) is 18.2 Å². The molecule has 2 aromatic rings. The number of benzene rings is 2. The van der Waals surface area contributed by atoms with E-state index in [1.165, 1.54) is 0 Å². The number of aliphatic hydroxyl groups excluding tert-OH is 1. The molecule has 1 aliphatic rings. The molecule has 2 aromatic carbocycles. The number of nitrogens with one attached hydrogen (secondary N) is 2. The van der Waals surface area contributed by atoms with Crippen molar-refractivity contribution in [2.45, 2.75) is 38.0 Å². The monoisotopic (exact) mass is 346 g/mol. The summed E-state index contributed by atoms with van der Waals surface area (Å²) in [6, 6.07) is 8.96. The van der Waals surface area contributed by atoms with Crippen LogP contribution >= 0.6 is 0 Å². The normalized spacial score (nSPS) is 20.0. The molecule has 2 amide bonds. The molecule has 0 bridgehead atoms. The van der Waals surface area contributed by atoms with E-state index in [0.29, 0.717) is 12.8 Å². The standard InChI is InChI=1S/C19H20F2N2O2/c1-2-16(14-10-12(20)7-8-15(14)21)22-19(25)23-18-13-6-4-3-5-11(13)9-17(18)24/h3-8,10,16-18,24H,2,9H2,1H3,(H2,22,23,25)/t16?,17-,18+/m0/s1. The number of rotatable bonds is 4. The molecule has 0 fully saturated rings. The maximum absolute atomic E-state index is 13.9. The molecule has 1 unspecified atom stereocenters. The molecule has 6 heteroatoms. The van der Waals surface area contributed by atoms with Crippen molar-refractivity contribution in [2.75, 3.05) is 0 Å². The molecule has 0 heterocycles. The molecule has 4 nitrogen and oxygen atoms in total. The van der Waals surface area contributed by atoms with Crippen molar-refractivity contribution in [3.8, 4) is 0 Å². The molecule has 0 saturated carbocycles. The lowest BCUT2D eigenvalue weighted by molar-refractivity contribution is 0.141. The van der Waals surface area contributed by atoms with Crippen molar-refractivity contribution >= 4 is 6.03 Å². The van der Waals surface area contributed by atoms with Crippen LogP contribution in [-0.4, -0.2) is 17.2 Å². The van der Waals surface area contributed by atoms with E-state index in [1.807, 2.05) is 24.3 Å². The van der Waals surface area contributed by atoms with Crippen LogP contribution in [0.15, 0.2) is 42.5 Å². The van der Waals surface area contributed by atoms with Crippen LogP contribution in [0.25, 0.3) is 0 Å². The molecule has 25 heavy (non-hydrogen) atoms. The topological polar surface area (TPSA) is 61.4 Å². The highest BCUT2D eigenvalue weighted by molar-refractivity contribution is 5.75. The summed E-state index contributed by atoms with van der Waals surface area (Å²) in [5.74, 6) is -1.13. The number of fused-ring (bicyclic) bond motifs is 1. The van der Waals surface area contributed by atoms with Gasteiger partial charge in [-0.15, -0.1) is 0 Å². The molecule has 3 N–H and O–H groups in total. The number of hydrogen-bond donors (Lipinski definition) is 3. The number of amides is 2. The Kier molecular flexibility index (Phi) is 4.99. The summed E-state index contributed by atoms with van der Waals surface area (Å²) < 4.78 is 27.3. The van der Waals surface area contributed by atoms with Gasteiger partial charge >= 0.3 is 6.03 Å². The first-order chi connectivity index (χ1) is 12.0. The Bertz CT molecular complexity index is 782. The highest BCUT2D eigenvalue weighted by Gasteiger charge is 2.32. The van der Waals surface area contributed by atoms with Gasteiger partial charge in [0.25, 0.3) is 0 Å².